The number of hydrogen-bond donors (Lipinski definition) is 0. The lowest BCUT2D eigenvalue weighted by molar-refractivity contribution is 0.254. The first-order valence-corrected chi connectivity index (χ1v) is 8.79. The normalized spacial score (nSPS) is 14.7. The molecule has 0 aliphatic rings. The smallest absolute Gasteiger partial charge is 0.0386 e. The van der Waals surface area contributed by atoms with Crippen LogP contribution in [0.1, 0.15) is 105 Å². The van der Waals surface area contributed by atoms with Gasteiger partial charge in [-0.3, -0.25) is 0 Å². The Morgan fingerprint density at radius 3 is 1.56 bits per heavy atom. The summed E-state index contributed by atoms with van der Waals surface area (Å²) in [5.74, 6) is 2.03. The lowest BCUT2D eigenvalue weighted by Gasteiger charge is -2.26. The van der Waals surface area contributed by atoms with Crippen LogP contribution in [0.25, 0.3) is 0 Å². The molecule has 18 heavy (non-hydrogen) atoms. The van der Waals surface area contributed by atoms with Crippen LogP contribution in [-0.4, -0.2) is 0 Å². The molecule has 0 aliphatic carbocycles. The maximum atomic E-state index is 2.40. The van der Waals surface area contributed by atoms with Crippen molar-refractivity contribution in [2.24, 2.45) is 11.8 Å². The zero-order valence-corrected chi connectivity index (χ0v) is 13.6. The summed E-state index contributed by atoms with van der Waals surface area (Å²) in [6, 6.07) is 0. The molecule has 0 bridgehead atoms. The zero-order chi connectivity index (χ0) is 13.6. The monoisotopic (exact) mass is 254 g/mol. The minimum Gasteiger partial charge on any atom is -0.0654 e. The fraction of sp³-hybridized carbons (Fsp3) is 1.00. The van der Waals surface area contributed by atoms with Crippen LogP contribution in [0.4, 0.5) is 0 Å². The summed E-state index contributed by atoms with van der Waals surface area (Å²) in [4.78, 5) is 0. The molecular formula is C18H38. The van der Waals surface area contributed by atoms with Gasteiger partial charge in [0.1, 0.15) is 0 Å². The van der Waals surface area contributed by atoms with Gasteiger partial charge in [0.2, 0.25) is 0 Å². The van der Waals surface area contributed by atoms with Gasteiger partial charge in [-0.15, -0.1) is 0 Å². The van der Waals surface area contributed by atoms with Crippen molar-refractivity contribution in [2.75, 3.05) is 0 Å². The van der Waals surface area contributed by atoms with E-state index in [0.717, 1.165) is 11.8 Å². The van der Waals surface area contributed by atoms with Crippen LogP contribution in [0.15, 0.2) is 0 Å². The van der Waals surface area contributed by atoms with Gasteiger partial charge >= 0.3 is 0 Å². The lowest BCUT2D eigenvalue weighted by Crippen LogP contribution is -2.14. The van der Waals surface area contributed by atoms with Gasteiger partial charge in [-0.2, -0.15) is 0 Å². The van der Waals surface area contributed by atoms with Crippen molar-refractivity contribution in [2.45, 2.75) is 105 Å². The predicted molar refractivity (Wildman–Crippen MR) is 85.1 cm³/mol. The molecule has 0 rings (SSSR count). The van der Waals surface area contributed by atoms with E-state index in [2.05, 4.69) is 27.7 Å². The van der Waals surface area contributed by atoms with E-state index in [0.29, 0.717) is 0 Å². The lowest BCUT2D eigenvalue weighted by atomic mass is 9.80. The predicted octanol–water partition coefficient (Wildman–Crippen LogP) is 6.98. The summed E-state index contributed by atoms with van der Waals surface area (Å²) in [7, 11) is 0. The molecule has 0 amide bonds. The quantitative estimate of drug-likeness (QED) is 0.311. The molecule has 2 unspecified atom stereocenters. The Morgan fingerprint density at radius 1 is 0.500 bits per heavy atom. The van der Waals surface area contributed by atoms with Crippen LogP contribution in [0, 0.1) is 11.8 Å². The number of hydrogen-bond acceptors (Lipinski definition) is 0. The van der Waals surface area contributed by atoms with Crippen LogP contribution in [0.5, 0.6) is 0 Å². The zero-order valence-electron chi connectivity index (χ0n) is 13.6. The minimum absolute atomic E-state index is 1.01. The second-order valence-electron chi connectivity index (χ2n) is 6.06. The number of rotatable bonds is 13. The molecule has 0 N–H and O–H groups in total. The van der Waals surface area contributed by atoms with Gasteiger partial charge in [0.15, 0.2) is 0 Å². The van der Waals surface area contributed by atoms with Crippen molar-refractivity contribution < 1.29 is 0 Å². The molecule has 0 aromatic carbocycles. The molecule has 0 aromatic rings. The van der Waals surface area contributed by atoms with E-state index in [1.165, 1.54) is 77.0 Å². The van der Waals surface area contributed by atoms with Crippen molar-refractivity contribution in [3.8, 4) is 0 Å². The maximum Gasteiger partial charge on any atom is -0.0386 e. The first kappa shape index (κ1) is 18.0. The van der Waals surface area contributed by atoms with E-state index in [9.17, 15) is 0 Å². The van der Waals surface area contributed by atoms with Crippen molar-refractivity contribution in [3.05, 3.63) is 0 Å². The second kappa shape index (κ2) is 13.4. The van der Waals surface area contributed by atoms with Crippen LogP contribution in [-0.2, 0) is 0 Å². The Labute approximate surface area is 117 Å². The van der Waals surface area contributed by atoms with E-state index < -0.39 is 0 Å². The van der Waals surface area contributed by atoms with Crippen molar-refractivity contribution in [1.82, 2.24) is 0 Å². The second-order valence-corrected chi connectivity index (χ2v) is 6.06. The summed E-state index contributed by atoms with van der Waals surface area (Å²) < 4.78 is 0. The fourth-order valence-corrected chi connectivity index (χ4v) is 3.25. The standard InChI is InChI=1S/C18H38/c1-5-9-11-13-16-18(15-12-10-6-2)17(8-4)14-7-3/h17-18H,5-16H2,1-4H3. The highest BCUT2D eigenvalue weighted by Gasteiger charge is 2.18. The van der Waals surface area contributed by atoms with E-state index in [4.69, 9.17) is 0 Å². The fourth-order valence-electron chi connectivity index (χ4n) is 3.25. The van der Waals surface area contributed by atoms with E-state index in [1.54, 1.807) is 0 Å². The van der Waals surface area contributed by atoms with Crippen molar-refractivity contribution in [1.29, 1.82) is 0 Å². The van der Waals surface area contributed by atoms with Gasteiger partial charge in [-0.25, -0.2) is 0 Å². The first-order chi connectivity index (χ1) is 8.79. The average Bonchev–Trinajstić information content (AvgIpc) is 2.39. The first-order valence-electron chi connectivity index (χ1n) is 8.79. The van der Waals surface area contributed by atoms with Gasteiger partial charge < -0.3 is 0 Å². The molecule has 0 saturated heterocycles. The van der Waals surface area contributed by atoms with Gasteiger partial charge in [0.05, 0.1) is 0 Å². The summed E-state index contributed by atoms with van der Waals surface area (Å²) >= 11 is 0. The third-order valence-electron chi connectivity index (χ3n) is 4.46. The number of unbranched alkanes of at least 4 members (excludes halogenated alkanes) is 5. The Hall–Kier alpha value is 0. The Kier molecular flexibility index (Phi) is 13.4. The molecule has 0 radical (unpaired) electrons. The van der Waals surface area contributed by atoms with Gasteiger partial charge in [0, 0.05) is 0 Å². The highest BCUT2D eigenvalue weighted by Crippen LogP contribution is 2.30. The molecule has 0 nitrogen and oxygen atoms in total. The summed E-state index contributed by atoms with van der Waals surface area (Å²) in [6.45, 7) is 9.38. The molecule has 0 fully saturated rings. The van der Waals surface area contributed by atoms with Gasteiger partial charge in [0.25, 0.3) is 0 Å². The third kappa shape index (κ3) is 9.00. The van der Waals surface area contributed by atoms with Gasteiger partial charge in [-0.1, -0.05) is 105 Å². The van der Waals surface area contributed by atoms with Crippen LogP contribution in [0.2, 0.25) is 0 Å². The Balaban J connectivity index is 4.03. The largest absolute Gasteiger partial charge is 0.0654 e. The molecule has 0 aliphatic heterocycles. The van der Waals surface area contributed by atoms with E-state index >= 15 is 0 Å². The molecule has 0 heterocycles. The van der Waals surface area contributed by atoms with Crippen LogP contribution in [0.3, 0.4) is 0 Å². The molecule has 0 heteroatoms. The third-order valence-corrected chi connectivity index (χ3v) is 4.46. The topological polar surface area (TPSA) is 0 Å². The molecule has 0 aromatic heterocycles. The highest BCUT2D eigenvalue weighted by atomic mass is 14.2. The Morgan fingerprint density at radius 2 is 1.06 bits per heavy atom. The Bertz CT molecular complexity index is 150. The van der Waals surface area contributed by atoms with Gasteiger partial charge in [-0.05, 0) is 11.8 Å². The van der Waals surface area contributed by atoms with Crippen LogP contribution >= 0.6 is 0 Å². The van der Waals surface area contributed by atoms with Crippen molar-refractivity contribution >= 4 is 0 Å². The van der Waals surface area contributed by atoms with E-state index in [1.807, 2.05) is 0 Å². The minimum atomic E-state index is 1.01. The maximum absolute atomic E-state index is 2.40. The molecule has 110 valence electrons. The highest BCUT2D eigenvalue weighted by molar-refractivity contribution is 4.69. The van der Waals surface area contributed by atoms with Crippen LogP contribution < -0.4 is 0 Å². The molecule has 0 spiro atoms. The summed E-state index contributed by atoms with van der Waals surface area (Å²) in [6.07, 6.45) is 17.3. The van der Waals surface area contributed by atoms with E-state index in [-0.39, 0.29) is 0 Å². The molecular weight excluding hydrogens is 216 g/mol. The molecule has 0 saturated carbocycles. The average molecular weight is 255 g/mol. The molecule has 2 atom stereocenters. The van der Waals surface area contributed by atoms with Crippen molar-refractivity contribution in [3.63, 3.8) is 0 Å². The summed E-state index contributed by atoms with van der Waals surface area (Å²) in [5.41, 5.74) is 0. The summed E-state index contributed by atoms with van der Waals surface area (Å²) in [5, 5.41) is 0. The SMILES string of the molecule is CCCCCCC(CCCCC)C(CC)CCC.